The van der Waals surface area contributed by atoms with Crippen LogP contribution in [0.15, 0.2) is 48.6 Å². The molecule has 3 heteroatoms. The molecule has 2 atom stereocenters. The maximum atomic E-state index is 6.87. The molecule has 0 bridgehead atoms. The zero-order valence-corrected chi connectivity index (χ0v) is 32.6. The zero-order valence-electron chi connectivity index (χ0n) is 32.6. The normalized spacial score (nSPS) is 19.9. The Kier molecular flexibility index (Phi) is 26.5. The van der Waals surface area contributed by atoms with Crippen LogP contribution in [0.5, 0.6) is 0 Å². The lowest BCUT2D eigenvalue weighted by Crippen LogP contribution is -2.33. The number of allylic oxidation sites excluding steroid dienone is 8. The summed E-state index contributed by atoms with van der Waals surface area (Å²) in [5.41, 5.74) is 0. The lowest BCUT2D eigenvalue weighted by atomic mass is 9.98. The minimum absolute atomic E-state index is 0.303. The molecule has 0 radical (unpaired) electrons. The molecule has 0 aromatic carbocycles. The predicted molar refractivity (Wildman–Crippen MR) is 212 cm³/mol. The molecular formula is C45H81NO2. The van der Waals surface area contributed by atoms with Gasteiger partial charge in [0.05, 0.1) is 12.2 Å². The molecule has 0 N–H and O–H groups in total. The van der Waals surface area contributed by atoms with Gasteiger partial charge in [0, 0.05) is 19.4 Å². The molecule has 2 rings (SSSR count). The summed E-state index contributed by atoms with van der Waals surface area (Å²) in [7, 11) is 4.38. The minimum Gasteiger partial charge on any atom is -0.344 e. The Balaban J connectivity index is 1.57. The first-order valence-electron chi connectivity index (χ1n) is 21.2. The summed E-state index contributed by atoms with van der Waals surface area (Å²) in [4.78, 5) is 2.33. The molecular weight excluding hydrogens is 587 g/mol. The van der Waals surface area contributed by atoms with Crippen molar-refractivity contribution in [3.63, 3.8) is 0 Å². The molecule has 1 aliphatic carbocycles. The van der Waals surface area contributed by atoms with Crippen LogP contribution in [-0.4, -0.2) is 43.5 Å². The van der Waals surface area contributed by atoms with Crippen LogP contribution in [0.3, 0.4) is 0 Å². The van der Waals surface area contributed by atoms with E-state index in [2.05, 4.69) is 81.5 Å². The molecule has 0 aromatic rings. The van der Waals surface area contributed by atoms with Crippen molar-refractivity contribution in [1.29, 1.82) is 0 Å². The lowest BCUT2D eigenvalue weighted by Gasteiger charge is -2.30. The first-order chi connectivity index (χ1) is 23.6. The fourth-order valence-electron chi connectivity index (χ4n) is 7.68. The Labute approximate surface area is 300 Å². The van der Waals surface area contributed by atoms with Crippen LogP contribution in [0.1, 0.15) is 194 Å². The summed E-state index contributed by atoms with van der Waals surface area (Å²) in [6.07, 6.45) is 55.2. The highest BCUT2D eigenvalue weighted by Crippen LogP contribution is 2.45. The molecule has 0 amide bonds. The van der Waals surface area contributed by atoms with Gasteiger partial charge in [-0.25, -0.2) is 0 Å². The van der Waals surface area contributed by atoms with E-state index in [9.17, 15) is 0 Å². The number of nitrogens with zero attached hydrogens (tertiary/aromatic N) is 1. The second-order valence-corrected chi connectivity index (χ2v) is 15.5. The Hall–Kier alpha value is -1.16. The van der Waals surface area contributed by atoms with Crippen LogP contribution >= 0.6 is 0 Å². The van der Waals surface area contributed by atoms with Crippen LogP contribution in [0.4, 0.5) is 0 Å². The van der Waals surface area contributed by atoms with Gasteiger partial charge in [0.2, 0.25) is 0 Å². The zero-order chi connectivity index (χ0) is 34.4. The summed E-state index contributed by atoms with van der Waals surface area (Å²) in [5, 5.41) is 0. The van der Waals surface area contributed by atoms with Gasteiger partial charge in [0.25, 0.3) is 0 Å². The maximum Gasteiger partial charge on any atom is 0.169 e. The summed E-state index contributed by atoms with van der Waals surface area (Å²) < 4.78 is 13.7. The number of hydrogen-bond donors (Lipinski definition) is 0. The summed E-state index contributed by atoms with van der Waals surface area (Å²) >= 11 is 0. The highest BCUT2D eigenvalue weighted by atomic mass is 16.8. The van der Waals surface area contributed by atoms with Gasteiger partial charge in [0.1, 0.15) is 0 Å². The van der Waals surface area contributed by atoms with Gasteiger partial charge in [-0.1, -0.05) is 140 Å². The molecule has 1 saturated heterocycles. The predicted octanol–water partition coefficient (Wildman–Crippen LogP) is 13.8. The summed E-state index contributed by atoms with van der Waals surface area (Å²) in [6.45, 7) is 5.70. The topological polar surface area (TPSA) is 21.7 Å². The Morgan fingerprint density at radius 2 is 0.833 bits per heavy atom. The third-order valence-electron chi connectivity index (χ3n) is 10.4. The van der Waals surface area contributed by atoms with Gasteiger partial charge in [-0.15, -0.1) is 0 Å². The average molecular weight is 668 g/mol. The Bertz CT molecular complexity index is 778. The van der Waals surface area contributed by atoms with Gasteiger partial charge in [0.15, 0.2) is 5.79 Å². The smallest absolute Gasteiger partial charge is 0.169 e. The number of unbranched alkanes of at least 4 members (excludes halogenated alkanes) is 18. The number of rotatable bonds is 32. The van der Waals surface area contributed by atoms with E-state index in [1.54, 1.807) is 0 Å². The molecule has 1 aliphatic heterocycles. The van der Waals surface area contributed by atoms with Gasteiger partial charge in [-0.2, -0.15) is 0 Å². The molecule has 1 saturated carbocycles. The lowest BCUT2D eigenvalue weighted by molar-refractivity contribution is -0.193. The van der Waals surface area contributed by atoms with Crippen molar-refractivity contribution in [1.82, 2.24) is 4.90 Å². The standard InChI is InChI=1S/C45H81NO2/c1-5-7-9-11-13-15-17-19-21-23-25-27-29-31-33-35-37-45(47-43-39-42(41-46(3)4)40-44(43)48-45)38-36-34-32-30-28-26-24-22-20-18-16-14-12-10-8-6-2/h13-16,19-22,42-44H,5-12,17-18,23-41H2,1-4H3/b15-13-,16-14-,21-19-,22-20-/t43-,44-/m1/s1. The van der Waals surface area contributed by atoms with Crippen molar-refractivity contribution in [2.45, 2.75) is 212 Å². The number of hydrogen-bond acceptors (Lipinski definition) is 3. The van der Waals surface area contributed by atoms with E-state index in [-0.39, 0.29) is 5.79 Å². The van der Waals surface area contributed by atoms with Crippen molar-refractivity contribution in [3.8, 4) is 0 Å². The van der Waals surface area contributed by atoms with Crippen LogP contribution < -0.4 is 0 Å². The Morgan fingerprint density at radius 1 is 0.479 bits per heavy atom. The minimum atomic E-state index is -0.303. The Morgan fingerprint density at radius 3 is 1.21 bits per heavy atom. The maximum absolute atomic E-state index is 6.87. The van der Waals surface area contributed by atoms with Crippen molar-refractivity contribution < 1.29 is 9.47 Å². The van der Waals surface area contributed by atoms with Crippen LogP contribution in [-0.2, 0) is 9.47 Å². The quantitative estimate of drug-likeness (QED) is 0.0526. The third-order valence-corrected chi connectivity index (χ3v) is 10.4. The molecule has 48 heavy (non-hydrogen) atoms. The monoisotopic (exact) mass is 668 g/mol. The number of ether oxygens (including phenoxy) is 2. The van der Waals surface area contributed by atoms with Gasteiger partial charge >= 0.3 is 0 Å². The fourth-order valence-corrected chi connectivity index (χ4v) is 7.68. The van der Waals surface area contributed by atoms with Crippen LogP contribution in [0.25, 0.3) is 0 Å². The van der Waals surface area contributed by atoms with E-state index in [0.717, 1.165) is 38.1 Å². The highest BCUT2D eigenvalue weighted by Gasteiger charge is 2.50. The highest BCUT2D eigenvalue weighted by molar-refractivity contribution is 4.95. The number of fused-ring (bicyclic) bond motifs is 1. The molecule has 278 valence electrons. The van der Waals surface area contributed by atoms with Gasteiger partial charge < -0.3 is 14.4 Å². The van der Waals surface area contributed by atoms with Crippen LogP contribution in [0, 0.1) is 5.92 Å². The van der Waals surface area contributed by atoms with Crippen molar-refractivity contribution in [2.75, 3.05) is 20.6 Å². The van der Waals surface area contributed by atoms with E-state index >= 15 is 0 Å². The van der Waals surface area contributed by atoms with Crippen molar-refractivity contribution >= 4 is 0 Å². The summed E-state index contributed by atoms with van der Waals surface area (Å²) in [5.74, 6) is 0.417. The van der Waals surface area contributed by atoms with Crippen molar-refractivity contribution in [3.05, 3.63) is 48.6 Å². The van der Waals surface area contributed by atoms with Gasteiger partial charge in [-0.05, 0) is 110 Å². The second-order valence-electron chi connectivity index (χ2n) is 15.5. The molecule has 2 aliphatic rings. The molecule has 0 unspecified atom stereocenters. The summed E-state index contributed by atoms with van der Waals surface area (Å²) in [6, 6.07) is 0. The van der Waals surface area contributed by atoms with Gasteiger partial charge in [-0.3, -0.25) is 0 Å². The second kappa shape index (κ2) is 29.6. The fraction of sp³-hybridized carbons (Fsp3) is 0.822. The van der Waals surface area contributed by atoms with E-state index in [4.69, 9.17) is 9.47 Å². The molecule has 0 spiro atoms. The first-order valence-corrected chi connectivity index (χ1v) is 21.2. The SMILES string of the molecule is CCCCC/C=C\C/C=C\CCCCCCCCC1(CCCCCCCC/C=C\C/C=C\CCCCC)O[C@@H]2CC(CN(C)C)C[C@H]2O1. The average Bonchev–Trinajstić information content (AvgIpc) is 3.59. The van der Waals surface area contributed by atoms with E-state index < -0.39 is 0 Å². The molecule has 3 nitrogen and oxygen atoms in total. The van der Waals surface area contributed by atoms with E-state index in [1.165, 1.54) is 154 Å². The molecule has 2 fully saturated rings. The first kappa shape index (κ1) is 43.0. The largest absolute Gasteiger partial charge is 0.344 e. The molecule has 1 heterocycles. The third kappa shape index (κ3) is 21.8. The van der Waals surface area contributed by atoms with E-state index in [0.29, 0.717) is 12.2 Å². The van der Waals surface area contributed by atoms with E-state index in [1.807, 2.05) is 0 Å². The van der Waals surface area contributed by atoms with Crippen LogP contribution in [0.2, 0.25) is 0 Å². The molecule has 0 aromatic heterocycles. The van der Waals surface area contributed by atoms with Crippen molar-refractivity contribution in [2.24, 2.45) is 5.92 Å².